The van der Waals surface area contributed by atoms with Crippen molar-refractivity contribution in [1.82, 2.24) is 25.2 Å². The third kappa shape index (κ3) is 5.69. The SMILES string of the molecule is COc1ccc(C2CCN(C(=O)On3c(O)c(CNCC4CCNCC4)[nH]c3=O)CC2)cc1. The van der Waals surface area contributed by atoms with E-state index < -0.39 is 11.8 Å². The van der Waals surface area contributed by atoms with Gasteiger partial charge in [0, 0.05) is 19.6 Å². The smallest absolute Gasteiger partial charge is 0.434 e. The third-order valence-corrected chi connectivity index (χ3v) is 6.61. The van der Waals surface area contributed by atoms with Gasteiger partial charge < -0.3 is 35.2 Å². The second-order valence-corrected chi connectivity index (χ2v) is 8.74. The van der Waals surface area contributed by atoms with E-state index in [1.54, 1.807) is 12.0 Å². The summed E-state index contributed by atoms with van der Waals surface area (Å²) in [6.07, 6.45) is 3.14. The van der Waals surface area contributed by atoms with Crippen LogP contribution in [0.5, 0.6) is 11.6 Å². The number of aromatic nitrogens is 2. The number of likely N-dealkylation sites (tertiary alicyclic amines) is 1. The molecule has 2 aromatic rings. The lowest BCUT2D eigenvalue weighted by Gasteiger charge is -2.31. The van der Waals surface area contributed by atoms with Gasteiger partial charge in [0.05, 0.1) is 12.8 Å². The molecule has 33 heavy (non-hydrogen) atoms. The number of nitrogens with zero attached hydrogens (tertiary/aromatic N) is 2. The Morgan fingerprint density at radius 2 is 1.85 bits per heavy atom. The number of methoxy groups -OCH3 is 1. The van der Waals surface area contributed by atoms with Gasteiger partial charge in [0.2, 0.25) is 0 Å². The number of carbonyl (C=O) groups is 1. The molecule has 0 spiro atoms. The fourth-order valence-electron chi connectivity index (χ4n) is 4.56. The number of imidazole rings is 1. The molecule has 4 N–H and O–H groups in total. The summed E-state index contributed by atoms with van der Waals surface area (Å²) in [5.41, 5.74) is 0.845. The molecule has 2 fully saturated rings. The fourth-order valence-corrected chi connectivity index (χ4v) is 4.56. The number of H-pyrrole nitrogens is 1. The van der Waals surface area contributed by atoms with Crippen LogP contribution in [-0.2, 0) is 6.54 Å². The number of aromatic amines is 1. The predicted molar refractivity (Wildman–Crippen MR) is 123 cm³/mol. The van der Waals surface area contributed by atoms with E-state index in [0.717, 1.165) is 51.1 Å². The molecule has 3 heterocycles. The molecular weight excluding hydrogens is 426 g/mol. The van der Waals surface area contributed by atoms with Gasteiger partial charge in [-0.25, -0.2) is 9.59 Å². The predicted octanol–water partition coefficient (Wildman–Crippen LogP) is 1.41. The van der Waals surface area contributed by atoms with Gasteiger partial charge in [-0.3, -0.25) is 0 Å². The van der Waals surface area contributed by atoms with E-state index in [1.807, 2.05) is 12.1 Å². The zero-order chi connectivity index (χ0) is 23.2. The van der Waals surface area contributed by atoms with E-state index >= 15 is 0 Å². The Hall–Kier alpha value is -2.98. The number of aromatic hydroxyl groups is 1. The zero-order valence-corrected chi connectivity index (χ0v) is 19.0. The summed E-state index contributed by atoms with van der Waals surface area (Å²) in [5, 5.41) is 17.0. The first-order chi connectivity index (χ1) is 16.0. The molecule has 0 saturated carbocycles. The number of carbonyl (C=O) groups excluding carboxylic acids is 1. The topological polar surface area (TPSA) is 121 Å². The van der Waals surface area contributed by atoms with Crippen molar-refractivity contribution >= 4 is 6.09 Å². The van der Waals surface area contributed by atoms with Crippen LogP contribution in [0.2, 0.25) is 0 Å². The summed E-state index contributed by atoms with van der Waals surface area (Å²) in [5.74, 6) is 1.36. The highest BCUT2D eigenvalue weighted by molar-refractivity contribution is 5.68. The van der Waals surface area contributed by atoms with Gasteiger partial charge in [0.1, 0.15) is 5.75 Å². The summed E-state index contributed by atoms with van der Waals surface area (Å²) in [6, 6.07) is 7.98. The third-order valence-electron chi connectivity index (χ3n) is 6.61. The number of nitrogens with one attached hydrogen (secondary N) is 3. The molecule has 0 aliphatic carbocycles. The summed E-state index contributed by atoms with van der Waals surface area (Å²) >= 11 is 0. The highest BCUT2D eigenvalue weighted by atomic mass is 16.7. The standard InChI is InChI=1S/C23H33N5O5/c1-32-19-4-2-17(3-5-19)18-8-12-27(13-9-18)23(31)33-28-21(29)20(26-22(28)30)15-25-14-16-6-10-24-11-7-16/h2-5,16,18,24-25,29H,6-15H2,1H3,(H,26,30). The molecule has 0 atom stereocenters. The lowest BCUT2D eigenvalue weighted by molar-refractivity contribution is 0.0721. The van der Waals surface area contributed by atoms with E-state index in [0.29, 0.717) is 41.9 Å². The summed E-state index contributed by atoms with van der Waals surface area (Å²) < 4.78 is 5.84. The maximum atomic E-state index is 12.6. The monoisotopic (exact) mass is 459 g/mol. The average molecular weight is 460 g/mol. The van der Waals surface area contributed by atoms with Gasteiger partial charge >= 0.3 is 11.8 Å². The lowest BCUT2D eigenvalue weighted by Crippen LogP contribution is -2.43. The van der Waals surface area contributed by atoms with Crippen LogP contribution in [-0.4, -0.2) is 65.6 Å². The molecule has 10 nitrogen and oxygen atoms in total. The molecule has 0 bridgehead atoms. The molecule has 180 valence electrons. The van der Waals surface area contributed by atoms with E-state index in [-0.39, 0.29) is 5.88 Å². The number of hydrogen-bond donors (Lipinski definition) is 4. The van der Waals surface area contributed by atoms with Gasteiger partial charge in [0.25, 0.3) is 5.88 Å². The van der Waals surface area contributed by atoms with Crippen LogP contribution in [0.4, 0.5) is 4.79 Å². The number of benzene rings is 1. The van der Waals surface area contributed by atoms with Gasteiger partial charge in [-0.15, -0.1) is 0 Å². The normalized spacial score (nSPS) is 17.8. The van der Waals surface area contributed by atoms with Crippen LogP contribution >= 0.6 is 0 Å². The second kappa shape index (κ2) is 10.8. The molecule has 2 saturated heterocycles. The lowest BCUT2D eigenvalue weighted by atomic mass is 9.89. The van der Waals surface area contributed by atoms with Crippen LogP contribution in [0.25, 0.3) is 0 Å². The Balaban J connectivity index is 1.28. The minimum atomic E-state index is -0.673. The van der Waals surface area contributed by atoms with Crippen molar-refractivity contribution in [3.05, 3.63) is 46.0 Å². The Kier molecular flexibility index (Phi) is 7.56. The maximum absolute atomic E-state index is 12.6. The molecule has 2 aliphatic rings. The minimum absolute atomic E-state index is 0.294. The van der Waals surface area contributed by atoms with E-state index in [2.05, 4.69) is 27.8 Å². The van der Waals surface area contributed by atoms with Crippen molar-refractivity contribution in [2.45, 2.75) is 38.1 Å². The molecule has 4 rings (SSSR count). The molecule has 1 amide bonds. The Bertz CT molecular complexity index is 972. The highest BCUT2D eigenvalue weighted by Crippen LogP contribution is 2.29. The van der Waals surface area contributed by atoms with Gasteiger partial charge in [-0.1, -0.05) is 16.9 Å². The van der Waals surface area contributed by atoms with Crippen molar-refractivity contribution in [2.24, 2.45) is 5.92 Å². The van der Waals surface area contributed by atoms with Crippen LogP contribution in [0.15, 0.2) is 29.1 Å². The molecule has 2 aliphatic heterocycles. The number of hydrogen-bond acceptors (Lipinski definition) is 7. The van der Waals surface area contributed by atoms with Gasteiger partial charge in [-0.2, -0.15) is 0 Å². The fraction of sp³-hybridized carbons (Fsp3) is 0.565. The summed E-state index contributed by atoms with van der Waals surface area (Å²) in [6.45, 7) is 4.15. The Morgan fingerprint density at radius 3 is 2.52 bits per heavy atom. The first-order valence-electron chi connectivity index (χ1n) is 11.6. The number of piperidine rings is 2. The Morgan fingerprint density at radius 1 is 1.15 bits per heavy atom. The second-order valence-electron chi connectivity index (χ2n) is 8.74. The molecule has 0 unspecified atom stereocenters. The van der Waals surface area contributed by atoms with Crippen LogP contribution in [0, 0.1) is 5.92 Å². The summed E-state index contributed by atoms with van der Waals surface area (Å²) in [7, 11) is 1.64. The number of rotatable bonds is 7. The molecule has 10 heteroatoms. The number of amides is 1. The zero-order valence-electron chi connectivity index (χ0n) is 19.0. The van der Waals surface area contributed by atoms with E-state index in [1.165, 1.54) is 5.56 Å². The van der Waals surface area contributed by atoms with Crippen LogP contribution in [0.1, 0.15) is 42.9 Å². The van der Waals surface area contributed by atoms with E-state index in [9.17, 15) is 14.7 Å². The number of ether oxygens (including phenoxy) is 1. The highest BCUT2D eigenvalue weighted by Gasteiger charge is 2.27. The van der Waals surface area contributed by atoms with Gasteiger partial charge in [-0.05, 0) is 74.8 Å². The molecular formula is C23H33N5O5. The van der Waals surface area contributed by atoms with Crippen LogP contribution < -0.4 is 25.9 Å². The van der Waals surface area contributed by atoms with Crippen molar-refractivity contribution in [1.29, 1.82) is 0 Å². The van der Waals surface area contributed by atoms with Crippen molar-refractivity contribution in [3.8, 4) is 11.6 Å². The first kappa shape index (κ1) is 23.2. The van der Waals surface area contributed by atoms with Crippen LogP contribution in [0.3, 0.4) is 0 Å². The maximum Gasteiger partial charge on any atom is 0.434 e. The first-order valence-corrected chi connectivity index (χ1v) is 11.6. The molecule has 1 aromatic carbocycles. The Labute approximate surface area is 192 Å². The quantitative estimate of drug-likeness (QED) is 0.494. The summed E-state index contributed by atoms with van der Waals surface area (Å²) in [4.78, 5) is 34.2. The van der Waals surface area contributed by atoms with Crippen molar-refractivity contribution in [2.75, 3.05) is 39.8 Å². The largest absolute Gasteiger partial charge is 0.497 e. The molecule has 1 aromatic heterocycles. The molecule has 0 radical (unpaired) electrons. The average Bonchev–Trinajstić information content (AvgIpc) is 3.12. The van der Waals surface area contributed by atoms with Crippen molar-refractivity contribution in [3.63, 3.8) is 0 Å². The van der Waals surface area contributed by atoms with Crippen molar-refractivity contribution < 1.29 is 19.5 Å². The van der Waals surface area contributed by atoms with Gasteiger partial charge in [0.15, 0.2) is 0 Å². The minimum Gasteiger partial charge on any atom is -0.497 e. The van der Waals surface area contributed by atoms with E-state index in [4.69, 9.17) is 9.57 Å².